The van der Waals surface area contributed by atoms with Gasteiger partial charge < -0.3 is 4.74 Å². The van der Waals surface area contributed by atoms with Crippen LogP contribution in [0.4, 0.5) is 0 Å². The Morgan fingerprint density at radius 2 is 1.94 bits per heavy atom. The van der Waals surface area contributed by atoms with E-state index >= 15 is 0 Å². The van der Waals surface area contributed by atoms with Crippen LogP contribution in [-0.2, 0) is 24.6 Å². The van der Waals surface area contributed by atoms with Crippen molar-refractivity contribution in [2.24, 2.45) is 0 Å². The van der Waals surface area contributed by atoms with Gasteiger partial charge in [-0.3, -0.25) is 0 Å². The highest BCUT2D eigenvalue weighted by Crippen LogP contribution is 2.18. The number of sulfone groups is 1. The van der Waals surface area contributed by atoms with Gasteiger partial charge in [0.1, 0.15) is 0 Å². The number of ether oxygens (including phenoxy) is 1. The third-order valence-corrected chi connectivity index (χ3v) is 6.81. The van der Waals surface area contributed by atoms with Gasteiger partial charge in [0.05, 0.1) is 12.7 Å². The molecule has 0 amide bonds. The molecule has 0 bridgehead atoms. The lowest BCUT2D eigenvalue weighted by Gasteiger charge is -2.36. The van der Waals surface area contributed by atoms with Crippen LogP contribution in [0.1, 0.15) is 6.92 Å². The SMILES string of the molecule is CC1COC(CCl)CN1S(=O)(=O)CS(C)(=O)=O. The van der Waals surface area contributed by atoms with Crippen LogP contribution in [0.5, 0.6) is 0 Å². The summed E-state index contributed by atoms with van der Waals surface area (Å²) < 4.78 is 52.5. The van der Waals surface area contributed by atoms with E-state index < -0.39 is 24.9 Å². The Labute approximate surface area is 107 Å². The second-order valence-electron chi connectivity index (χ2n) is 4.18. The number of sulfonamides is 1. The minimum atomic E-state index is -3.83. The molecule has 1 heterocycles. The first-order chi connectivity index (χ1) is 7.65. The molecule has 1 aliphatic rings. The lowest BCUT2D eigenvalue weighted by molar-refractivity contribution is -0.0150. The zero-order valence-corrected chi connectivity index (χ0v) is 12.1. The van der Waals surface area contributed by atoms with Gasteiger partial charge in [0.25, 0.3) is 0 Å². The zero-order chi connectivity index (χ0) is 13.3. The van der Waals surface area contributed by atoms with Gasteiger partial charge in [0.15, 0.2) is 14.9 Å². The maximum Gasteiger partial charge on any atom is 0.228 e. The van der Waals surface area contributed by atoms with Crippen LogP contribution < -0.4 is 0 Å². The summed E-state index contributed by atoms with van der Waals surface area (Å²) in [5.41, 5.74) is 0. The average Bonchev–Trinajstić information content (AvgIpc) is 2.14. The zero-order valence-electron chi connectivity index (χ0n) is 9.67. The highest BCUT2D eigenvalue weighted by molar-refractivity contribution is 8.06. The summed E-state index contributed by atoms with van der Waals surface area (Å²) in [7, 11) is -7.41. The van der Waals surface area contributed by atoms with Crippen molar-refractivity contribution in [3.8, 4) is 0 Å². The maximum absolute atomic E-state index is 11.9. The van der Waals surface area contributed by atoms with E-state index in [4.69, 9.17) is 16.3 Å². The number of morpholine rings is 1. The van der Waals surface area contributed by atoms with E-state index in [1.54, 1.807) is 6.92 Å². The number of rotatable bonds is 4. The molecule has 1 fully saturated rings. The Hall–Kier alpha value is 0.110. The number of hydrogen-bond acceptors (Lipinski definition) is 5. The minimum absolute atomic E-state index is 0.0997. The largest absolute Gasteiger partial charge is 0.374 e. The smallest absolute Gasteiger partial charge is 0.228 e. The van der Waals surface area contributed by atoms with Gasteiger partial charge in [0, 0.05) is 24.7 Å². The Bertz CT molecular complexity index is 460. The Kier molecular flexibility index (Phi) is 4.81. The summed E-state index contributed by atoms with van der Waals surface area (Å²) >= 11 is 5.61. The van der Waals surface area contributed by atoms with Crippen molar-refractivity contribution in [1.29, 1.82) is 0 Å². The van der Waals surface area contributed by atoms with Crippen molar-refractivity contribution in [1.82, 2.24) is 4.31 Å². The van der Waals surface area contributed by atoms with E-state index in [1.807, 2.05) is 0 Å². The lowest BCUT2D eigenvalue weighted by Crippen LogP contribution is -2.52. The maximum atomic E-state index is 11.9. The second kappa shape index (κ2) is 5.40. The fraction of sp³-hybridized carbons (Fsp3) is 1.00. The summed E-state index contributed by atoms with van der Waals surface area (Å²) in [6, 6.07) is -0.374. The predicted molar refractivity (Wildman–Crippen MR) is 65.3 cm³/mol. The Morgan fingerprint density at radius 3 is 2.41 bits per heavy atom. The predicted octanol–water partition coefficient (Wildman–Crippen LogP) is -0.354. The van der Waals surface area contributed by atoms with Crippen LogP contribution in [0.3, 0.4) is 0 Å². The standard InChI is InChI=1S/C8H16ClNO5S2/c1-7-5-15-8(3-9)4-10(7)17(13,14)6-16(2,11)12/h7-8H,3-6H2,1-2H3. The van der Waals surface area contributed by atoms with Crippen LogP contribution in [0.25, 0.3) is 0 Å². The van der Waals surface area contributed by atoms with Crippen LogP contribution in [0.15, 0.2) is 0 Å². The quantitative estimate of drug-likeness (QED) is 0.663. The van der Waals surface area contributed by atoms with Gasteiger partial charge >= 0.3 is 0 Å². The van der Waals surface area contributed by atoms with Gasteiger partial charge in [-0.15, -0.1) is 11.6 Å². The lowest BCUT2D eigenvalue weighted by atomic mass is 10.2. The molecule has 0 N–H and O–H groups in total. The van der Waals surface area contributed by atoms with E-state index in [2.05, 4.69) is 0 Å². The molecule has 1 aliphatic heterocycles. The fourth-order valence-corrected chi connectivity index (χ4v) is 5.51. The highest BCUT2D eigenvalue weighted by Gasteiger charge is 2.35. The van der Waals surface area contributed by atoms with Crippen molar-refractivity contribution in [3.63, 3.8) is 0 Å². The van der Waals surface area contributed by atoms with Gasteiger partial charge in [-0.2, -0.15) is 4.31 Å². The van der Waals surface area contributed by atoms with Crippen molar-refractivity contribution in [3.05, 3.63) is 0 Å². The highest BCUT2D eigenvalue weighted by atomic mass is 35.5. The molecule has 17 heavy (non-hydrogen) atoms. The van der Waals surface area contributed by atoms with Crippen molar-refractivity contribution in [2.75, 3.05) is 30.4 Å². The number of halogens is 1. The minimum Gasteiger partial charge on any atom is -0.374 e. The monoisotopic (exact) mass is 305 g/mol. The molecule has 0 spiro atoms. The number of hydrogen-bond donors (Lipinski definition) is 0. The molecule has 1 saturated heterocycles. The molecule has 102 valence electrons. The molecule has 1 rings (SSSR count). The van der Waals surface area contributed by atoms with Crippen molar-refractivity contribution >= 4 is 31.5 Å². The molecule has 0 aromatic heterocycles. The molecule has 0 radical (unpaired) electrons. The summed E-state index contributed by atoms with van der Waals surface area (Å²) in [6.07, 6.45) is 0.511. The molecule has 2 atom stereocenters. The van der Waals surface area contributed by atoms with E-state index in [-0.39, 0.29) is 31.2 Å². The van der Waals surface area contributed by atoms with Gasteiger partial charge in [-0.25, -0.2) is 16.8 Å². The van der Waals surface area contributed by atoms with Gasteiger partial charge in [-0.1, -0.05) is 0 Å². The molecule has 0 aliphatic carbocycles. The fourth-order valence-electron chi connectivity index (χ4n) is 1.61. The summed E-state index contributed by atoms with van der Waals surface area (Å²) in [6.45, 7) is 1.99. The first-order valence-corrected chi connectivity index (χ1v) is 9.21. The molecular formula is C8H16ClNO5S2. The van der Waals surface area contributed by atoms with E-state index in [0.29, 0.717) is 0 Å². The summed E-state index contributed by atoms with van der Waals surface area (Å²) in [5.74, 6) is 0.178. The third kappa shape index (κ3) is 4.36. The average molecular weight is 306 g/mol. The second-order valence-corrected chi connectivity index (χ2v) is 8.92. The van der Waals surface area contributed by atoms with E-state index in [9.17, 15) is 16.8 Å². The number of alkyl halides is 1. The summed E-state index contributed by atoms with van der Waals surface area (Å²) in [5, 5.41) is -0.876. The number of nitrogens with zero attached hydrogens (tertiary/aromatic N) is 1. The molecule has 2 unspecified atom stereocenters. The van der Waals surface area contributed by atoms with Gasteiger partial charge in [0.2, 0.25) is 10.0 Å². The van der Waals surface area contributed by atoms with Gasteiger partial charge in [-0.05, 0) is 6.92 Å². The van der Waals surface area contributed by atoms with Crippen molar-refractivity contribution < 1.29 is 21.6 Å². The van der Waals surface area contributed by atoms with Crippen LogP contribution >= 0.6 is 11.6 Å². The van der Waals surface area contributed by atoms with Crippen LogP contribution in [0, 0.1) is 0 Å². The first-order valence-electron chi connectivity index (χ1n) is 5.00. The summed E-state index contributed by atoms with van der Waals surface area (Å²) in [4.78, 5) is 0. The van der Waals surface area contributed by atoms with E-state index in [0.717, 1.165) is 10.6 Å². The first kappa shape index (κ1) is 15.2. The third-order valence-electron chi connectivity index (χ3n) is 2.34. The molecular weight excluding hydrogens is 290 g/mol. The molecule has 0 saturated carbocycles. The van der Waals surface area contributed by atoms with Crippen molar-refractivity contribution in [2.45, 2.75) is 19.1 Å². The molecule has 6 nitrogen and oxygen atoms in total. The van der Waals surface area contributed by atoms with Crippen LogP contribution in [-0.4, -0.2) is 63.7 Å². The molecule has 0 aromatic carbocycles. The Morgan fingerprint density at radius 1 is 1.35 bits per heavy atom. The van der Waals surface area contributed by atoms with Crippen LogP contribution in [0.2, 0.25) is 0 Å². The molecule has 9 heteroatoms. The topological polar surface area (TPSA) is 80.8 Å². The molecule has 0 aromatic rings. The normalized spacial score (nSPS) is 28.2. The van der Waals surface area contributed by atoms with E-state index in [1.165, 1.54) is 0 Å². The Balaban J connectivity index is 2.89.